The molecule has 5 rings (SSSR count). The third kappa shape index (κ3) is 4.64. The number of nitrogens with one attached hydrogen (secondary N) is 2. The second kappa shape index (κ2) is 8.19. The van der Waals surface area contributed by atoms with Crippen molar-refractivity contribution in [3.63, 3.8) is 0 Å². The summed E-state index contributed by atoms with van der Waals surface area (Å²) < 4.78 is 13.9. The first kappa shape index (κ1) is 21.1. The maximum Gasteiger partial charge on any atom is 0.335 e. The Morgan fingerprint density at radius 1 is 1.19 bits per heavy atom. The molecule has 4 aromatic rings. The van der Waals surface area contributed by atoms with Gasteiger partial charge < -0.3 is 15.1 Å². The number of rotatable bonds is 3. The fourth-order valence-corrected chi connectivity index (χ4v) is 4.28. The highest BCUT2D eigenvalue weighted by atomic mass is 19.1. The third-order valence-electron chi connectivity index (χ3n) is 5.77. The highest BCUT2D eigenvalue weighted by molar-refractivity contribution is 5.93. The van der Waals surface area contributed by atoms with Gasteiger partial charge in [-0.25, -0.2) is 9.18 Å². The summed E-state index contributed by atoms with van der Waals surface area (Å²) in [4.78, 5) is 19.2. The van der Waals surface area contributed by atoms with Gasteiger partial charge in [0.1, 0.15) is 5.67 Å². The number of aromatic carboxylic acids is 1. The average Bonchev–Trinajstić information content (AvgIpc) is 3.31. The quantitative estimate of drug-likeness (QED) is 0.407. The van der Waals surface area contributed by atoms with Crippen LogP contribution in [0.3, 0.4) is 0 Å². The van der Waals surface area contributed by atoms with E-state index in [0.717, 1.165) is 23.9 Å². The van der Waals surface area contributed by atoms with Crippen LogP contribution in [0.4, 0.5) is 4.39 Å². The molecule has 3 heterocycles. The van der Waals surface area contributed by atoms with Crippen LogP contribution >= 0.6 is 0 Å². The Kier molecular flexibility index (Phi) is 5.58. The Bertz CT molecular complexity index is 1220. The molecule has 0 saturated carbocycles. The van der Waals surface area contributed by atoms with Gasteiger partial charge in [-0.3, -0.25) is 4.90 Å². The number of alkyl halides is 1. The molecule has 1 atom stereocenters. The molecule has 2 aromatic heterocycles. The molecule has 0 radical (unpaired) electrons. The first-order chi connectivity index (χ1) is 14.7. The number of para-hydroxylation sites is 1. The second-order valence-corrected chi connectivity index (χ2v) is 8.89. The summed E-state index contributed by atoms with van der Waals surface area (Å²) in [6.45, 7) is 6.80. The van der Waals surface area contributed by atoms with Gasteiger partial charge >= 0.3 is 5.97 Å². The van der Waals surface area contributed by atoms with Gasteiger partial charge in [0, 0.05) is 47.4 Å². The molecule has 162 valence electrons. The van der Waals surface area contributed by atoms with Gasteiger partial charge in [0.05, 0.1) is 5.56 Å². The fourth-order valence-electron chi connectivity index (χ4n) is 4.28. The number of aromatic amines is 2. The minimum atomic E-state index is -1.14. The Morgan fingerprint density at radius 2 is 1.97 bits per heavy atom. The number of carbonyl (C=O) groups is 1. The number of halogens is 1. The topological polar surface area (TPSA) is 72.1 Å². The molecule has 1 unspecified atom stereocenters. The summed E-state index contributed by atoms with van der Waals surface area (Å²) in [6, 6.07) is 15.7. The van der Waals surface area contributed by atoms with E-state index in [0.29, 0.717) is 18.2 Å². The lowest BCUT2D eigenvalue weighted by Crippen LogP contribution is -2.44. The Hall–Kier alpha value is -3.12. The van der Waals surface area contributed by atoms with Crippen molar-refractivity contribution in [2.45, 2.75) is 45.4 Å². The molecule has 31 heavy (non-hydrogen) atoms. The van der Waals surface area contributed by atoms with E-state index < -0.39 is 11.6 Å². The molecule has 3 N–H and O–H groups in total. The van der Waals surface area contributed by atoms with Gasteiger partial charge in [-0.05, 0) is 62.4 Å². The Morgan fingerprint density at radius 3 is 2.71 bits per heavy atom. The maximum absolute atomic E-state index is 13.9. The molecule has 0 spiro atoms. The fraction of sp³-hybridized carbons (Fsp3) is 0.320. The molecule has 0 fully saturated rings. The van der Waals surface area contributed by atoms with Crippen molar-refractivity contribution >= 4 is 27.8 Å². The van der Waals surface area contributed by atoms with Gasteiger partial charge in [-0.2, -0.15) is 0 Å². The molecular weight excluding hydrogens is 393 g/mol. The van der Waals surface area contributed by atoms with Crippen LogP contribution in [0.1, 0.15) is 42.4 Å². The second-order valence-electron chi connectivity index (χ2n) is 8.89. The van der Waals surface area contributed by atoms with Crippen LogP contribution < -0.4 is 0 Å². The lowest BCUT2D eigenvalue weighted by molar-refractivity contribution is 0.0697. The SMILES string of the molecule is CC1Cc2c([nH]c3ccccc23)CN1CC(C)(C)F.O=C(O)c1ccc2cc[nH]c2c1. The van der Waals surface area contributed by atoms with E-state index in [-0.39, 0.29) is 0 Å². The predicted octanol–water partition coefficient (Wildman–Crippen LogP) is 5.53. The van der Waals surface area contributed by atoms with Crippen molar-refractivity contribution in [2.24, 2.45) is 0 Å². The number of hydrogen-bond acceptors (Lipinski definition) is 2. The van der Waals surface area contributed by atoms with Crippen LogP contribution in [-0.2, 0) is 13.0 Å². The number of carboxylic acids is 1. The number of H-pyrrole nitrogens is 2. The van der Waals surface area contributed by atoms with E-state index in [9.17, 15) is 9.18 Å². The van der Waals surface area contributed by atoms with Crippen LogP contribution in [0.5, 0.6) is 0 Å². The van der Waals surface area contributed by atoms with Crippen molar-refractivity contribution in [1.29, 1.82) is 0 Å². The van der Waals surface area contributed by atoms with Crippen LogP contribution in [0.2, 0.25) is 0 Å². The molecule has 0 aliphatic carbocycles. The largest absolute Gasteiger partial charge is 0.478 e. The number of nitrogens with zero attached hydrogens (tertiary/aromatic N) is 1. The molecule has 1 aliphatic rings. The molecule has 0 amide bonds. The predicted molar refractivity (Wildman–Crippen MR) is 122 cm³/mol. The normalized spacial score (nSPS) is 16.7. The van der Waals surface area contributed by atoms with E-state index >= 15 is 0 Å². The zero-order chi connectivity index (χ0) is 22.2. The summed E-state index contributed by atoms with van der Waals surface area (Å²) in [7, 11) is 0. The molecule has 5 nitrogen and oxygen atoms in total. The van der Waals surface area contributed by atoms with E-state index in [1.807, 2.05) is 6.07 Å². The Balaban J connectivity index is 0.000000166. The van der Waals surface area contributed by atoms with Crippen molar-refractivity contribution in [2.75, 3.05) is 6.54 Å². The summed E-state index contributed by atoms with van der Waals surface area (Å²) in [5.74, 6) is -0.897. The van der Waals surface area contributed by atoms with Gasteiger partial charge in [0.15, 0.2) is 0 Å². The standard InChI is InChI=1S/C16H21FN2.C9H7NO2/c1-11-8-13-12-6-4-5-7-14(12)18-15(13)9-19(11)10-16(2,3)17;11-9(12)7-2-1-6-3-4-10-8(6)5-7/h4-7,11,18H,8-10H2,1-3H3;1-5,10H,(H,11,12). The number of aromatic nitrogens is 2. The Labute approximate surface area is 180 Å². The lowest BCUT2D eigenvalue weighted by Gasteiger charge is -2.36. The monoisotopic (exact) mass is 421 g/mol. The maximum atomic E-state index is 13.9. The molecule has 2 aromatic carbocycles. The van der Waals surface area contributed by atoms with Gasteiger partial charge in [-0.1, -0.05) is 24.3 Å². The summed E-state index contributed by atoms with van der Waals surface area (Å²) in [5.41, 5.74) is 3.89. The zero-order valence-electron chi connectivity index (χ0n) is 18.1. The van der Waals surface area contributed by atoms with E-state index in [1.54, 1.807) is 38.2 Å². The summed E-state index contributed by atoms with van der Waals surface area (Å²) in [5, 5.41) is 11.0. The van der Waals surface area contributed by atoms with Crippen molar-refractivity contribution in [3.05, 3.63) is 71.5 Å². The van der Waals surface area contributed by atoms with Gasteiger partial charge in [0.2, 0.25) is 0 Å². The first-order valence-electron chi connectivity index (χ1n) is 10.5. The third-order valence-corrected chi connectivity index (χ3v) is 5.77. The molecule has 0 saturated heterocycles. The highest BCUT2D eigenvalue weighted by Crippen LogP contribution is 2.31. The van der Waals surface area contributed by atoms with Crippen LogP contribution in [0.25, 0.3) is 21.8 Å². The van der Waals surface area contributed by atoms with Crippen LogP contribution in [0, 0.1) is 0 Å². The first-order valence-corrected chi connectivity index (χ1v) is 10.5. The van der Waals surface area contributed by atoms with E-state index in [4.69, 9.17) is 5.11 Å². The van der Waals surface area contributed by atoms with E-state index in [1.165, 1.54) is 22.2 Å². The molecule has 1 aliphatic heterocycles. The van der Waals surface area contributed by atoms with Crippen molar-refractivity contribution in [1.82, 2.24) is 14.9 Å². The summed E-state index contributed by atoms with van der Waals surface area (Å²) in [6.07, 6.45) is 2.78. The van der Waals surface area contributed by atoms with Gasteiger partial charge in [-0.15, -0.1) is 0 Å². The number of benzene rings is 2. The molecule has 0 bridgehead atoms. The lowest BCUT2D eigenvalue weighted by atomic mass is 9.96. The van der Waals surface area contributed by atoms with Gasteiger partial charge in [0.25, 0.3) is 0 Å². The minimum Gasteiger partial charge on any atom is -0.478 e. The average molecular weight is 422 g/mol. The van der Waals surface area contributed by atoms with Crippen LogP contribution in [-0.4, -0.2) is 44.2 Å². The molecule has 6 heteroatoms. The van der Waals surface area contributed by atoms with Crippen LogP contribution in [0.15, 0.2) is 54.7 Å². The smallest absolute Gasteiger partial charge is 0.335 e. The summed E-state index contributed by atoms with van der Waals surface area (Å²) >= 11 is 0. The van der Waals surface area contributed by atoms with Crippen molar-refractivity contribution < 1.29 is 14.3 Å². The van der Waals surface area contributed by atoms with E-state index in [2.05, 4.69) is 46.1 Å². The minimum absolute atomic E-state index is 0.310. The van der Waals surface area contributed by atoms with Crippen molar-refractivity contribution in [3.8, 4) is 0 Å². The highest BCUT2D eigenvalue weighted by Gasteiger charge is 2.30. The number of fused-ring (bicyclic) bond motifs is 4. The molecular formula is C25H28FN3O2. The number of carboxylic acid groups (broad SMARTS) is 1. The zero-order valence-corrected chi connectivity index (χ0v) is 18.1. The number of hydrogen-bond donors (Lipinski definition) is 3.